The number of aryl methyl sites for hydroxylation is 1. The van der Waals surface area contributed by atoms with Crippen LogP contribution in [-0.2, 0) is 23.2 Å². The number of aromatic nitrogens is 2. The Kier molecular flexibility index (Phi) is 4.54. The van der Waals surface area contributed by atoms with Gasteiger partial charge in [-0.15, -0.1) is 0 Å². The molecule has 1 aromatic heterocycles. The van der Waals surface area contributed by atoms with Crippen molar-refractivity contribution in [3.05, 3.63) is 30.1 Å². The molecule has 7 nitrogen and oxygen atoms in total. The van der Waals surface area contributed by atoms with Crippen LogP contribution in [0.4, 0.5) is 4.79 Å². The lowest BCUT2D eigenvalue weighted by atomic mass is 10.1. The Morgan fingerprint density at radius 2 is 2.23 bits per heavy atom. The summed E-state index contributed by atoms with van der Waals surface area (Å²) in [5.41, 5.74) is 1.91. The summed E-state index contributed by atoms with van der Waals surface area (Å²) in [6, 6.07) is 0. The van der Waals surface area contributed by atoms with Crippen LogP contribution in [0.3, 0.4) is 0 Å². The zero-order valence-electron chi connectivity index (χ0n) is 13.5. The van der Waals surface area contributed by atoms with Crippen molar-refractivity contribution in [3.8, 4) is 0 Å². The van der Waals surface area contributed by atoms with Gasteiger partial charge in [-0.2, -0.15) is 5.10 Å². The summed E-state index contributed by atoms with van der Waals surface area (Å²) >= 11 is 0. The number of rotatable bonds is 3. The minimum absolute atomic E-state index is 0.311. The summed E-state index contributed by atoms with van der Waals surface area (Å²) in [6.45, 7) is 10.2. The summed E-state index contributed by atoms with van der Waals surface area (Å²) in [4.78, 5) is 19.1. The predicted octanol–water partition coefficient (Wildman–Crippen LogP) is 2.08. The Morgan fingerprint density at radius 1 is 1.50 bits per heavy atom. The van der Waals surface area contributed by atoms with E-state index in [0.29, 0.717) is 25.4 Å². The number of oxime groups is 1. The van der Waals surface area contributed by atoms with Crippen LogP contribution in [0.1, 0.15) is 32.0 Å². The van der Waals surface area contributed by atoms with E-state index in [1.807, 2.05) is 27.8 Å². The third-order valence-corrected chi connectivity index (χ3v) is 3.07. The minimum Gasteiger partial charge on any atom is -0.444 e. The molecule has 7 heteroatoms. The highest BCUT2D eigenvalue weighted by atomic mass is 16.6. The Labute approximate surface area is 130 Å². The number of ether oxygens (including phenoxy) is 1. The van der Waals surface area contributed by atoms with Gasteiger partial charge in [0.25, 0.3) is 0 Å². The number of nitrogens with zero attached hydrogens (tertiary/aromatic N) is 4. The quantitative estimate of drug-likeness (QED) is 0.487. The van der Waals surface area contributed by atoms with Gasteiger partial charge in [0, 0.05) is 12.6 Å². The molecule has 2 heterocycles. The van der Waals surface area contributed by atoms with E-state index in [0.717, 1.165) is 11.3 Å². The first-order valence-corrected chi connectivity index (χ1v) is 7.10. The molecule has 0 aromatic carbocycles. The van der Waals surface area contributed by atoms with Crippen molar-refractivity contribution in [2.24, 2.45) is 12.2 Å². The average Bonchev–Trinajstić information content (AvgIpc) is 2.79. The average molecular weight is 306 g/mol. The lowest BCUT2D eigenvalue weighted by Gasteiger charge is -2.30. The van der Waals surface area contributed by atoms with E-state index in [-0.39, 0.29) is 6.09 Å². The van der Waals surface area contributed by atoms with Crippen LogP contribution in [0, 0.1) is 0 Å². The molecule has 0 aliphatic carbocycles. The molecule has 1 aliphatic heterocycles. The molecule has 0 atom stereocenters. The highest BCUT2D eigenvalue weighted by Gasteiger charge is 2.31. The van der Waals surface area contributed by atoms with Crippen molar-refractivity contribution in [3.63, 3.8) is 0 Å². The number of fused-ring (bicyclic) bond motifs is 1. The third-order valence-electron chi connectivity index (χ3n) is 3.07. The second-order valence-corrected chi connectivity index (χ2v) is 6.09. The Balaban J connectivity index is 2.23. The van der Waals surface area contributed by atoms with Gasteiger partial charge in [-0.1, -0.05) is 17.8 Å². The van der Waals surface area contributed by atoms with Gasteiger partial charge in [-0.05, 0) is 20.8 Å². The van der Waals surface area contributed by atoms with Crippen molar-refractivity contribution in [2.45, 2.75) is 32.9 Å². The molecule has 0 saturated carbocycles. The number of carbonyl (C=O) groups excluding carboxylic acids is 1. The summed E-state index contributed by atoms with van der Waals surface area (Å²) < 4.78 is 7.16. The maximum Gasteiger partial charge on any atom is 0.410 e. The fraction of sp³-hybridized carbons (Fsp3) is 0.533. The van der Waals surface area contributed by atoms with Crippen LogP contribution >= 0.6 is 0 Å². The number of hydrogen-bond acceptors (Lipinski definition) is 5. The molecule has 0 bridgehead atoms. The van der Waals surface area contributed by atoms with Crippen LogP contribution in [0.25, 0.3) is 0 Å². The zero-order chi connectivity index (χ0) is 16.3. The normalized spacial score (nSPS) is 16.4. The molecule has 1 aliphatic rings. The molecule has 2 rings (SSSR count). The van der Waals surface area contributed by atoms with E-state index in [4.69, 9.17) is 9.57 Å². The van der Waals surface area contributed by atoms with Gasteiger partial charge in [-0.3, -0.25) is 9.58 Å². The number of hydrogen-bond donors (Lipinski definition) is 0. The predicted molar refractivity (Wildman–Crippen MR) is 82.5 cm³/mol. The van der Waals surface area contributed by atoms with E-state index in [2.05, 4.69) is 16.8 Å². The first-order chi connectivity index (χ1) is 10.3. The molecule has 120 valence electrons. The minimum atomic E-state index is -0.541. The summed E-state index contributed by atoms with van der Waals surface area (Å²) in [7, 11) is 1.83. The van der Waals surface area contributed by atoms with Crippen LogP contribution in [-0.4, -0.2) is 45.2 Å². The molecule has 0 fully saturated rings. The molecule has 0 saturated heterocycles. The molecular weight excluding hydrogens is 284 g/mol. The van der Waals surface area contributed by atoms with Crippen LogP contribution in [0.2, 0.25) is 0 Å². The number of carbonyl (C=O) groups is 1. The van der Waals surface area contributed by atoms with Gasteiger partial charge < -0.3 is 9.57 Å². The highest BCUT2D eigenvalue weighted by molar-refractivity contribution is 6.04. The summed E-state index contributed by atoms with van der Waals surface area (Å²) in [5, 5.41) is 8.33. The van der Waals surface area contributed by atoms with E-state index >= 15 is 0 Å². The fourth-order valence-electron chi connectivity index (χ4n) is 2.10. The Hall–Kier alpha value is -2.31. The maximum atomic E-state index is 12.3. The molecule has 22 heavy (non-hydrogen) atoms. The Morgan fingerprint density at radius 3 is 2.86 bits per heavy atom. The van der Waals surface area contributed by atoms with Gasteiger partial charge in [0.1, 0.15) is 17.9 Å². The molecule has 1 aromatic rings. The fourth-order valence-corrected chi connectivity index (χ4v) is 2.10. The van der Waals surface area contributed by atoms with Gasteiger partial charge in [-0.25, -0.2) is 4.79 Å². The van der Waals surface area contributed by atoms with Crippen molar-refractivity contribution in [2.75, 3.05) is 13.2 Å². The van der Waals surface area contributed by atoms with Crippen LogP contribution in [0.15, 0.2) is 24.0 Å². The van der Waals surface area contributed by atoms with Crippen molar-refractivity contribution in [1.82, 2.24) is 14.7 Å². The third kappa shape index (κ3) is 3.66. The van der Waals surface area contributed by atoms with Gasteiger partial charge >= 0.3 is 6.09 Å². The molecule has 0 N–H and O–H groups in total. The highest BCUT2D eigenvalue weighted by Crippen LogP contribution is 2.21. The molecule has 0 radical (unpaired) electrons. The summed E-state index contributed by atoms with van der Waals surface area (Å²) in [6.07, 6.45) is 2.97. The van der Waals surface area contributed by atoms with E-state index in [9.17, 15) is 4.79 Å². The molecule has 0 spiro atoms. The molecular formula is C15H22N4O3. The summed E-state index contributed by atoms with van der Waals surface area (Å²) in [5.74, 6) is 0. The van der Waals surface area contributed by atoms with E-state index < -0.39 is 5.60 Å². The second kappa shape index (κ2) is 6.21. The first kappa shape index (κ1) is 16.1. The van der Waals surface area contributed by atoms with Gasteiger partial charge in [0.2, 0.25) is 0 Å². The molecule has 1 amide bonds. The lowest BCUT2D eigenvalue weighted by Crippen LogP contribution is -2.43. The Bertz CT molecular complexity index is 598. The zero-order valence-corrected chi connectivity index (χ0v) is 13.5. The number of amides is 1. The van der Waals surface area contributed by atoms with E-state index in [1.165, 1.54) is 0 Å². The van der Waals surface area contributed by atoms with Gasteiger partial charge in [0.05, 0.1) is 25.0 Å². The van der Waals surface area contributed by atoms with Crippen molar-refractivity contribution < 1.29 is 14.4 Å². The largest absolute Gasteiger partial charge is 0.444 e. The van der Waals surface area contributed by atoms with Crippen molar-refractivity contribution in [1.29, 1.82) is 0 Å². The van der Waals surface area contributed by atoms with Gasteiger partial charge in [0.15, 0.2) is 0 Å². The van der Waals surface area contributed by atoms with E-state index in [1.54, 1.807) is 21.9 Å². The maximum absolute atomic E-state index is 12.3. The van der Waals surface area contributed by atoms with Crippen LogP contribution in [0.5, 0.6) is 0 Å². The van der Waals surface area contributed by atoms with Crippen molar-refractivity contribution >= 4 is 11.8 Å². The van der Waals surface area contributed by atoms with Crippen LogP contribution < -0.4 is 0 Å². The molecule has 0 unspecified atom stereocenters. The first-order valence-electron chi connectivity index (χ1n) is 7.10. The topological polar surface area (TPSA) is 68.9 Å². The monoisotopic (exact) mass is 306 g/mol. The standard InChI is InChI=1S/C15H22N4O3/c1-6-7-21-17-12-9-19(14(20)22-15(2,3)4)10-13-11(12)8-16-18(13)5/h6,8H,1,7,9-10H2,2-5H3/b17-12+. The lowest BCUT2D eigenvalue weighted by molar-refractivity contribution is 0.0253. The second-order valence-electron chi connectivity index (χ2n) is 6.09. The SMILES string of the molecule is C=CCO/N=C1\CN(C(=O)OC(C)(C)C)Cc2c1cnn2C. The smallest absolute Gasteiger partial charge is 0.410 e.